The van der Waals surface area contributed by atoms with Gasteiger partial charge >= 0.3 is 0 Å². The summed E-state index contributed by atoms with van der Waals surface area (Å²) in [6, 6.07) is 11.0. The average molecular weight is 375 g/mol. The Hall–Kier alpha value is -2.34. The maximum absolute atomic E-state index is 12.3. The van der Waals surface area contributed by atoms with E-state index in [0.29, 0.717) is 12.4 Å². The molecular weight excluding hydrogens is 350 g/mol. The van der Waals surface area contributed by atoms with Crippen LogP contribution in [0.5, 0.6) is 5.75 Å². The molecule has 0 bridgehead atoms. The summed E-state index contributed by atoms with van der Waals surface area (Å²) in [6.07, 6.45) is 0. The van der Waals surface area contributed by atoms with Crippen molar-refractivity contribution < 1.29 is 17.9 Å². The molecule has 2 aromatic carbocycles. The van der Waals surface area contributed by atoms with E-state index in [9.17, 15) is 13.2 Å². The Kier molecular flexibility index (Phi) is 6.08. The minimum atomic E-state index is -3.68. The highest BCUT2D eigenvalue weighted by atomic mass is 32.2. The monoisotopic (exact) mass is 375 g/mol. The van der Waals surface area contributed by atoms with Crippen molar-refractivity contribution in [1.29, 1.82) is 0 Å². The number of hydrogen-bond acceptors (Lipinski definition) is 4. The lowest BCUT2D eigenvalue weighted by Crippen LogP contribution is -2.35. The van der Waals surface area contributed by atoms with E-state index in [1.165, 1.54) is 13.8 Å². The summed E-state index contributed by atoms with van der Waals surface area (Å²) in [4.78, 5) is 12.3. The molecule has 26 heavy (non-hydrogen) atoms. The zero-order valence-corrected chi connectivity index (χ0v) is 16.6. The molecule has 0 saturated heterocycles. The number of hydrogen-bond donors (Lipinski definition) is 1. The molecule has 6 heteroatoms. The van der Waals surface area contributed by atoms with Crippen LogP contribution in [0.15, 0.2) is 36.4 Å². The molecule has 0 radical (unpaired) electrons. The number of benzene rings is 2. The van der Waals surface area contributed by atoms with Crippen molar-refractivity contribution in [2.24, 2.45) is 0 Å². The van der Waals surface area contributed by atoms with Crippen molar-refractivity contribution in [1.82, 2.24) is 4.72 Å². The van der Waals surface area contributed by atoms with E-state index in [2.05, 4.69) is 4.72 Å². The molecule has 0 heterocycles. The third-order valence-electron chi connectivity index (χ3n) is 4.32. The molecule has 2 aromatic rings. The van der Waals surface area contributed by atoms with Gasteiger partial charge in [0.25, 0.3) is 5.91 Å². The van der Waals surface area contributed by atoms with Crippen LogP contribution in [0.4, 0.5) is 0 Å². The first-order chi connectivity index (χ1) is 12.1. The molecule has 1 amide bonds. The predicted molar refractivity (Wildman–Crippen MR) is 103 cm³/mol. The Balaban J connectivity index is 2.21. The number of carbonyl (C=O) groups excluding carboxylic acids is 1. The fourth-order valence-corrected chi connectivity index (χ4v) is 3.04. The Morgan fingerprint density at radius 3 is 2.23 bits per heavy atom. The van der Waals surface area contributed by atoms with Crippen LogP contribution in [-0.2, 0) is 16.6 Å². The molecule has 0 aliphatic rings. The Labute approximate surface area is 155 Å². The van der Waals surface area contributed by atoms with Gasteiger partial charge in [0, 0.05) is 5.56 Å². The maximum Gasteiger partial charge on any atom is 0.264 e. The second-order valence-electron chi connectivity index (χ2n) is 6.66. The summed E-state index contributed by atoms with van der Waals surface area (Å²) in [5.74, 6) is -0.0992. The molecule has 0 unspecified atom stereocenters. The van der Waals surface area contributed by atoms with Crippen LogP contribution in [0.1, 0.15) is 46.5 Å². The second-order valence-corrected chi connectivity index (χ2v) is 8.90. The van der Waals surface area contributed by atoms with Gasteiger partial charge in [-0.1, -0.05) is 24.3 Å². The van der Waals surface area contributed by atoms with Gasteiger partial charge in [-0.05, 0) is 69.0 Å². The number of ether oxygens (including phenoxy) is 1. The van der Waals surface area contributed by atoms with Crippen molar-refractivity contribution in [2.45, 2.75) is 46.5 Å². The first kappa shape index (κ1) is 20.0. The van der Waals surface area contributed by atoms with Crippen molar-refractivity contribution in [2.75, 3.05) is 0 Å². The summed E-state index contributed by atoms with van der Waals surface area (Å²) in [5.41, 5.74) is 4.50. The Morgan fingerprint density at radius 1 is 1.04 bits per heavy atom. The SMILES string of the molecule is Cc1ccc(C(=O)NS(=O)(=O)C(C)C)cc1OCc1c(C)cccc1C. The Bertz CT molecular complexity index is 897. The van der Waals surface area contributed by atoms with Gasteiger partial charge in [-0.3, -0.25) is 4.79 Å². The topological polar surface area (TPSA) is 72.5 Å². The summed E-state index contributed by atoms with van der Waals surface area (Å²) >= 11 is 0. The van der Waals surface area contributed by atoms with Gasteiger partial charge in [0.15, 0.2) is 0 Å². The highest BCUT2D eigenvalue weighted by molar-refractivity contribution is 7.90. The third kappa shape index (κ3) is 4.64. The molecule has 1 N–H and O–H groups in total. The number of carbonyl (C=O) groups is 1. The second kappa shape index (κ2) is 7.91. The summed E-state index contributed by atoms with van der Waals surface area (Å²) in [6.45, 7) is 9.35. The summed E-state index contributed by atoms with van der Waals surface area (Å²) in [7, 11) is -3.68. The molecule has 140 valence electrons. The first-order valence-corrected chi connectivity index (χ1v) is 10.0. The molecule has 0 aliphatic heterocycles. The third-order valence-corrected chi connectivity index (χ3v) is 6.03. The van der Waals surface area contributed by atoms with Crippen molar-refractivity contribution >= 4 is 15.9 Å². The van der Waals surface area contributed by atoms with Crippen LogP contribution in [0.3, 0.4) is 0 Å². The van der Waals surface area contributed by atoms with Gasteiger partial charge in [0.1, 0.15) is 12.4 Å². The standard InChI is InChI=1S/C20H25NO4S/c1-13(2)26(23,24)21-20(22)17-10-9-16(5)19(11-17)25-12-18-14(3)7-6-8-15(18)4/h6-11,13H,12H2,1-5H3,(H,21,22). The maximum atomic E-state index is 12.3. The number of rotatable bonds is 6. The van der Waals surface area contributed by atoms with E-state index in [1.54, 1.807) is 18.2 Å². The lowest BCUT2D eigenvalue weighted by molar-refractivity contribution is 0.0980. The van der Waals surface area contributed by atoms with Crippen LogP contribution >= 0.6 is 0 Å². The van der Waals surface area contributed by atoms with Gasteiger partial charge in [-0.25, -0.2) is 13.1 Å². The zero-order valence-electron chi connectivity index (χ0n) is 15.8. The molecule has 0 saturated carbocycles. The number of nitrogens with one attached hydrogen (secondary N) is 1. The Morgan fingerprint density at radius 2 is 1.65 bits per heavy atom. The van der Waals surface area contributed by atoms with Crippen LogP contribution in [0.25, 0.3) is 0 Å². The lowest BCUT2D eigenvalue weighted by Gasteiger charge is -2.14. The van der Waals surface area contributed by atoms with E-state index >= 15 is 0 Å². The number of amides is 1. The predicted octanol–water partition coefficient (Wildman–Crippen LogP) is 3.66. The van der Waals surface area contributed by atoms with Crippen LogP contribution in [0.2, 0.25) is 0 Å². The van der Waals surface area contributed by atoms with E-state index in [1.807, 2.05) is 39.0 Å². The van der Waals surface area contributed by atoms with Gasteiger partial charge < -0.3 is 4.74 Å². The van der Waals surface area contributed by atoms with Gasteiger partial charge in [-0.2, -0.15) is 0 Å². The quantitative estimate of drug-likeness (QED) is 0.836. The van der Waals surface area contributed by atoms with Crippen molar-refractivity contribution in [3.63, 3.8) is 0 Å². The van der Waals surface area contributed by atoms with Crippen molar-refractivity contribution in [3.05, 3.63) is 64.2 Å². The number of sulfonamides is 1. The van der Waals surface area contributed by atoms with Gasteiger partial charge in [0.2, 0.25) is 10.0 Å². The molecule has 0 aromatic heterocycles. The van der Waals surface area contributed by atoms with E-state index in [0.717, 1.165) is 22.3 Å². The van der Waals surface area contributed by atoms with Crippen LogP contribution in [-0.4, -0.2) is 19.6 Å². The summed E-state index contributed by atoms with van der Waals surface area (Å²) < 4.78 is 31.8. The largest absolute Gasteiger partial charge is 0.489 e. The summed E-state index contributed by atoms with van der Waals surface area (Å²) in [5, 5.41) is -0.684. The van der Waals surface area contributed by atoms with E-state index in [4.69, 9.17) is 4.74 Å². The highest BCUT2D eigenvalue weighted by Crippen LogP contribution is 2.23. The molecule has 2 rings (SSSR count). The highest BCUT2D eigenvalue weighted by Gasteiger charge is 2.20. The smallest absolute Gasteiger partial charge is 0.264 e. The first-order valence-electron chi connectivity index (χ1n) is 8.46. The zero-order chi connectivity index (χ0) is 19.5. The minimum absolute atomic E-state index is 0.247. The molecule has 5 nitrogen and oxygen atoms in total. The van der Waals surface area contributed by atoms with Crippen LogP contribution in [0, 0.1) is 20.8 Å². The van der Waals surface area contributed by atoms with Crippen molar-refractivity contribution in [3.8, 4) is 5.75 Å². The van der Waals surface area contributed by atoms with Gasteiger partial charge in [-0.15, -0.1) is 0 Å². The van der Waals surface area contributed by atoms with E-state index < -0.39 is 21.2 Å². The van der Waals surface area contributed by atoms with Gasteiger partial charge in [0.05, 0.1) is 5.25 Å². The lowest BCUT2D eigenvalue weighted by atomic mass is 10.0. The van der Waals surface area contributed by atoms with E-state index in [-0.39, 0.29) is 5.56 Å². The molecule has 0 spiro atoms. The fraction of sp³-hybridized carbons (Fsp3) is 0.350. The van der Waals surface area contributed by atoms with Crippen LogP contribution < -0.4 is 9.46 Å². The normalized spacial score (nSPS) is 11.5. The average Bonchev–Trinajstić information content (AvgIpc) is 2.55. The molecule has 0 fully saturated rings. The fourth-order valence-electron chi connectivity index (χ4n) is 2.43. The molecule has 0 aliphatic carbocycles. The number of aryl methyl sites for hydroxylation is 3. The minimum Gasteiger partial charge on any atom is -0.489 e. The molecular formula is C20H25NO4S. The molecule has 0 atom stereocenters.